The minimum absolute atomic E-state index is 0.0907. The molecule has 1 aliphatic carbocycles. The summed E-state index contributed by atoms with van der Waals surface area (Å²) >= 11 is 0. The molecule has 17 heavy (non-hydrogen) atoms. The van der Waals surface area contributed by atoms with Crippen LogP contribution in [-0.2, 0) is 4.74 Å². The molecule has 3 nitrogen and oxygen atoms in total. The summed E-state index contributed by atoms with van der Waals surface area (Å²) in [4.78, 5) is 0. The smallest absolute Gasteiger partial charge is 0.0909 e. The van der Waals surface area contributed by atoms with E-state index in [9.17, 15) is 5.11 Å². The zero-order valence-corrected chi connectivity index (χ0v) is 11.7. The topological polar surface area (TPSA) is 49.7 Å². The molecule has 1 fully saturated rings. The second-order valence-electron chi connectivity index (χ2n) is 6.49. The lowest BCUT2D eigenvalue weighted by Crippen LogP contribution is -2.50. The van der Waals surface area contributed by atoms with Crippen molar-refractivity contribution in [2.24, 2.45) is 11.3 Å². The average Bonchev–Trinajstić information content (AvgIpc) is 2.25. The summed E-state index contributed by atoms with van der Waals surface area (Å²) in [6, 6.07) is 0. The molecule has 3 atom stereocenters. The molecule has 0 heterocycles. The second-order valence-corrected chi connectivity index (χ2v) is 6.49. The summed E-state index contributed by atoms with van der Waals surface area (Å²) in [6.07, 6.45) is 3.95. The molecule has 0 aliphatic heterocycles. The standard InChI is InChI=1S/C14H28O3/c1-13(2,3)11-6-8-14(16,7-5-9-15)12(10-11)17-4/h11-12,15-16H,5-10H2,1-4H3/t11-,12-,14-/m0/s1. The van der Waals surface area contributed by atoms with Crippen molar-refractivity contribution in [3.05, 3.63) is 0 Å². The summed E-state index contributed by atoms with van der Waals surface area (Å²) < 4.78 is 5.50. The predicted octanol–water partition coefficient (Wildman–Crippen LogP) is 2.35. The van der Waals surface area contributed by atoms with Gasteiger partial charge in [-0.25, -0.2) is 0 Å². The number of ether oxygens (including phenoxy) is 1. The third-order valence-electron chi connectivity index (χ3n) is 4.30. The van der Waals surface area contributed by atoms with Crippen molar-refractivity contribution in [1.29, 1.82) is 0 Å². The van der Waals surface area contributed by atoms with E-state index >= 15 is 0 Å². The number of methoxy groups -OCH3 is 1. The van der Waals surface area contributed by atoms with E-state index in [4.69, 9.17) is 9.84 Å². The normalized spacial score (nSPS) is 34.9. The van der Waals surface area contributed by atoms with Crippen LogP contribution >= 0.6 is 0 Å². The van der Waals surface area contributed by atoms with E-state index in [1.807, 2.05) is 0 Å². The van der Waals surface area contributed by atoms with Crippen LogP contribution < -0.4 is 0 Å². The number of rotatable bonds is 4. The van der Waals surface area contributed by atoms with Crippen LogP contribution in [0.1, 0.15) is 52.9 Å². The molecule has 0 radical (unpaired) electrons. The van der Waals surface area contributed by atoms with Gasteiger partial charge in [0.2, 0.25) is 0 Å². The molecular weight excluding hydrogens is 216 g/mol. The second kappa shape index (κ2) is 5.68. The van der Waals surface area contributed by atoms with E-state index in [0.717, 1.165) is 19.3 Å². The first kappa shape index (κ1) is 14.9. The Labute approximate surface area is 105 Å². The fourth-order valence-corrected chi connectivity index (χ4v) is 2.95. The highest BCUT2D eigenvalue weighted by molar-refractivity contribution is 4.96. The number of hydrogen-bond acceptors (Lipinski definition) is 3. The molecule has 0 aromatic heterocycles. The summed E-state index contributed by atoms with van der Waals surface area (Å²) in [5.74, 6) is 0.599. The van der Waals surface area contributed by atoms with Crippen LogP contribution in [0.5, 0.6) is 0 Å². The first-order valence-electron chi connectivity index (χ1n) is 6.69. The van der Waals surface area contributed by atoms with Gasteiger partial charge in [-0.1, -0.05) is 20.8 Å². The Balaban J connectivity index is 2.67. The Bertz CT molecular complexity index is 234. The van der Waals surface area contributed by atoms with Crippen LogP contribution in [0.15, 0.2) is 0 Å². The molecule has 1 rings (SSSR count). The van der Waals surface area contributed by atoms with Gasteiger partial charge < -0.3 is 14.9 Å². The lowest BCUT2D eigenvalue weighted by molar-refractivity contribution is -0.142. The lowest BCUT2D eigenvalue weighted by atomic mass is 9.66. The van der Waals surface area contributed by atoms with Gasteiger partial charge in [-0.2, -0.15) is 0 Å². The maximum absolute atomic E-state index is 10.6. The highest BCUT2D eigenvalue weighted by atomic mass is 16.5. The first-order valence-corrected chi connectivity index (χ1v) is 6.69. The van der Waals surface area contributed by atoms with Crippen molar-refractivity contribution in [3.8, 4) is 0 Å². The van der Waals surface area contributed by atoms with E-state index in [0.29, 0.717) is 18.8 Å². The third kappa shape index (κ3) is 3.67. The molecule has 2 N–H and O–H groups in total. The minimum Gasteiger partial charge on any atom is -0.396 e. The van der Waals surface area contributed by atoms with Crippen LogP contribution in [0.3, 0.4) is 0 Å². The highest BCUT2D eigenvalue weighted by Crippen LogP contribution is 2.43. The average molecular weight is 244 g/mol. The van der Waals surface area contributed by atoms with E-state index in [2.05, 4.69) is 20.8 Å². The van der Waals surface area contributed by atoms with E-state index < -0.39 is 5.60 Å². The molecule has 0 unspecified atom stereocenters. The quantitative estimate of drug-likeness (QED) is 0.798. The van der Waals surface area contributed by atoms with Gasteiger partial charge in [-0.15, -0.1) is 0 Å². The predicted molar refractivity (Wildman–Crippen MR) is 68.9 cm³/mol. The summed E-state index contributed by atoms with van der Waals surface area (Å²) in [6.45, 7) is 6.90. The zero-order valence-electron chi connectivity index (χ0n) is 11.7. The molecule has 3 heteroatoms. The van der Waals surface area contributed by atoms with Gasteiger partial charge in [-0.3, -0.25) is 0 Å². The number of hydrogen-bond donors (Lipinski definition) is 2. The van der Waals surface area contributed by atoms with E-state index in [1.54, 1.807) is 7.11 Å². The maximum atomic E-state index is 10.6. The molecule has 0 spiro atoms. The van der Waals surface area contributed by atoms with E-state index in [-0.39, 0.29) is 18.1 Å². The Hall–Kier alpha value is -0.120. The van der Waals surface area contributed by atoms with Gasteiger partial charge >= 0.3 is 0 Å². The third-order valence-corrected chi connectivity index (χ3v) is 4.30. The minimum atomic E-state index is -0.737. The fourth-order valence-electron chi connectivity index (χ4n) is 2.95. The van der Waals surface area contributed by atoms with Crippen molar-refractivity contribution in [2.45, 2.75) is 64.6 Å². The molecule has 1 saturated carbocycles. The summed E-state index contributed by atoms with van der Waals surface area (Å²) in [5, 5.41) is 19.5. The van der Waals surface area contributed by atoms with Gasteiger partial charge in [0.05, 0.1) is 11.7 Å². The molecular formula is C14H28O3. The number of aliphatic hydroxyl groups is 2. The highest BCUT2D eigenvalue weighted by Gasteiger charge is 2.44. The van der Waals surface area contributed by atoms with Crippen LogP contribution in [0.25, 0.3) is 0 Å². The van der Waals surface area contributed by atoms with Crippen LogP contribution in [0.2, 0.25) is 0 Å². The molecule has 0 aromatic rings. The fraction of sp³-hybridized carbons (Fsp3) is 1.00. The molecule has 0 bridgehead atoms. The van der Waals surface area contributed by atoms with E-state index in [1.165, 1.54) is 0 Å². The van der Waals surface area contributed by atoms with Gasteiger partial charge in [0, 0.05) is 13.7 Å². The van der Waals surface area contributed by atoms with Crippen molar-refractivity contribution >= 4 is 0 Å². The monoisotopic (exact) mass is 244 g/mol. The molecule has 102 valence electrons. The molecule has 0 amide bonds. The van der Waals surface area contributed by atoms with Crippen LogP contribution in [0, 0.1) is 11.3 Å². The van der Waals surface area contributed by atoms with Crippen molar-refractivity contribution < 1.29 is 14.9 Å². The SMILES string of the molecule is CO[C@H]1C[C@@H](C(C)(C)C)CC[C@@]1(O)CCCO. The van der Waals surface area contributed by atoms with Crippen molar-refractivity contribution in [3.63, 3.8) is 0 Å². The Morgan fingerprint density at radius 3 is 2.47 bits per heavy atom. The molecule has 0 aromatic carbocycles. The van der Waals surface area contributed by atoms with Gasteiger partial charge in [0.1, 0.15) is 0 Å². The van der Waals surface area contributed by atoms with Gasteiger partial charge in [0.15, 0.2) is 0 Å². The van der Waals surface area contributed by atoms with Crippen molar-refractivity contribution in [1.82, 2.24) is 0 Å². The van der Waals surface area contributed by atoms with Gasteiger partial charge in [0.25, 0.3) is 0 Å². The molecule has 0 saturated heterocycles. The lowest BCUT2D eigenvalue weighted by Gasteiger charge is -2.46. The Kier molecular flexibility index (Phi) is 4.99. The van der Waals surface area contributed by atoms with Gasteiger partial charge in [-0.05, 0) is 43.4 Å². The van der Waals surface area contributed by atoms with Crippen LogP contribution in [0.4, 0.5) is 0 Å². The number of aliphatic hydroxyl groups excluding tert-OH is 1. The Morgan fingerprint density at radius 1 is 1.35 bits per heavy atom. The van der Waals surface area contributed by atoms with Crippen LogP contribution in [-0.4, -0.2) is 35.6 Å². The zero-order chi connectivity index (χ0) is 13.1. The van der Waals surface area contributed by atoms with Crippen molar-refractivity contribution in [2.75, 3.05) is 13.7 Å². The summed E-state index contributed by atoms with van der Waals surface area (Å²) in [5.41, 5.74) is -0.464. The summed E-state index contributed by atoms with van der Waals surface area (Å²) in [7, 11) is 1.68. The largest absolute Gasteiger partial charge is 0.396 e. The first-order chi connectivity index (χ1) is 7.83. The Morgan fingerprint density at radius 2 is 2.00 bits per heavy atom. The maximum Gasteiger partial charge on any atom is 0.0909 e. The molecule has 1 aliphatic rings.